The Labute approximate surface area is 104 Å². The van der Waals surface area contributed by atoms with Crippen molar-refractivity contribution in [3.8, 4) is 0 Å². The third-order valence-corrected chi connectivity index (χ3v) is 2.89. The molecule has 0 unspecified atom stereocenters. The van der Waals surface area contributed by atoms with Crippen molar-refractivity contribution in [1.82, 2.24) is 4.98 Å². The summed E-state index contributed by atoms with van der Waals surface area (Å²) in [5.41, 5.74) is 1.27. The van der Waals surface area contributed by atoms with Crippen LogP contribution in [0.3, 0.4) is 0 Å². The van der Waals surface area contributed by atoms with Crippen molar-refractivity contribution in [2.75, 3.05) is 0 Å². The molecule has 0 aliphatic heterocycles. The standard InChI is InChI=1S/C15H23NO/c1-13(2)9-10-15(17)8-4-3-6-14-7-5-11-16-12-14/h5,7,11-13H,3-4,6,8-10H2,1-2H3. The van der Waals surface area contributed by atoms with Gasteiger partial charge in [-0.05, 0) is 43.2 Å². The third-order valence-electron chi connectivity index (χ3n) is 2.89. The number of pyridine rings is 1. The van der Waals surface area contributed by atoms with Crippen LogP contribution in [-0.2, 0) is 11.2 Å². The highest BCUT2D eigenvalue weighted by Crippen LogP contribution is 2.09. The molecular weight excluding hydrogens is 210 g/mol. The van der Waals surface area contributed by atoms with E-state index in [4.69, 9.17) is 0 Å². The molecule has 94 valence electrons. The molecule has 0 aliphatic carbocycles. The predicted molar refractivity (Wildman–Crippen MR) is 70.9 cm³/mol. The van der Waals surface area contributed by atoms with E-state index in [2.05, 4.69) is 24.9 Å². The molecule has 1 aromatic rings. The first-order valence-electron chi connectivity index (χ1n) is 6.59. The van der Waals surface area contributed by atoms with Crippen LogP contribution in [0, 0.1) is 5.92 Å². The maximum atomic E-state index is 11.5. The largest absolute Gasteiger partial charge is 0.300 e. The molecule has 0 amide bonds. The Hall–Kier alpha value is -1.18. The van der Waals surface area contributed by atoms with Gasteiger partial charge in [-0.1, -0.05) is 19.9 Å². The molecule has 2 heteroatoms. The first-order valence-corrected chi connectivity index (χ1v) is 6.59. The van der Waals surface area contributed by atoms with Gasteiger partial charge in [-0.2, -0.15) is 0 Å². The average Bonchev–Trinajstić information content (AvgIpc) is 2.33. The topological polar surface area (TPSA) is 30.0 Å². The second kappa shape index (κ2) is 7.99. The molecule has 0 radical (unpaired) electrons. The number of unbranched alkanes of at least 4 members (excludes halogenated alkanes) is 1. The summed E-state index contributed by atoms with van der Waals surface area (Å²) in [6.45, 7) is 4.32. The molecule has 0 saturated carbocycles. The lowest BCUT2D eigenvalue weighted by Crippen LogP contribution is -2.00. The first-order chi connectivity index (χ1) is 8.18. The lowest BCUT2D eigenvalue weighted by Gasteiger charge is -2.04. The van der Waals surface area contributed by atoms with E-state index in [-0.39, 0.29) is 0 Å². The number of hydrogen-bond acceptors (Lipinski definition) is 2. The number of aryl methyl sites for hydroxylation is 1. The van der Waals surface area contributed by atoms with Gasteiger partial charge in [0.25, 0.3) is 0 Å². The zero-order valence-corrected chi connectivity index (χ0v) is 11.0. The SMILES string of the molecule is CC(C)CCC(=O)CCCCc1cccnc1. The summed E-state index contributed by atoms with van der Waals surface area (Å²) < 4.78 is 0. The van der Waals surface area contributed by atoms with Gasteiger partial charge in [-0.25, -0.2) is 0 Å². The Bertz CT molecular complexity index is 319. The van der Waals surface area contributed by atoms with Crippen LogP contribution in [0.15, 0.2) is 24.5 Å². The van der Waals surface area contributed by atoms with Gasteiger partial charge in [-0.15, -0.1) is 0 Å². The minimum Gasteiger partial charge on any atom is -0.300 e. The highest BCUT2D eigenvalue weighted by atomic mass is 16.1. The van der Waals surface area contributed by atoms with Gasteiger partial charge in [0.15, 0.2) is 0 Å². The van der Waals surface area contributed by atoms with Crippen molar-refractivity contribution >= 4 is 5.78 Å². The zero-order valence-electron chi connectivity index (χ0n) is 11.0. The van der Waals surface area contributed by atoms with Crippen LogP contribution < -0.4 is 0 Å². The maximum absolute atomic E-state index is 11.5. The smallest absolute Gasteiger partial charge is 0.132 e. The fourth-order valence-corrected chi connectivity index (χ4v) is 1.77. The summed E-state index contributed by atoms with van der Waals surface area (Å²) in [6, 6.07) is 4.05. The Morgan fingerprint density at radius 3 is 2.76 bits per heavy atom. The van der Waals surface area contributed by atoms with Gasteiger partial charge in [0.2, 0.25) is 0 Å². The van der Waals surface area contributed by atoms with Crippen molar-refractivity contribution < 1.29 is 4.79 Å². The van der Waals surface area contributed by atoms with Gasteiger partial charge in [0.1, 0.15) is 5.78 Å². The number of hydrogen-bond donors (Lipinski definition) is 0. The summed E-state index contributed by atoms with van der Waals surface area (Å²) in [7, 11) is 0. The van der Waals surface area contributed by atoms with E-state index in [1.807, 2.05) is 12.3 Å². The Kier molecular flexibility index (Phi) is 6.53. The molecule has 0 atom stereocenters. The van der Waals surface area contributed by atoms with Crippen molar-refractivity contribution in [1.29, 1.82) is 0 Å². The summed E-state index contributed by atoms with van der Waals surface area (Å²) in [6.07, 6.45) is 9.34. The predicted octanol–water partition coefficient (Wildman–Crippen LogP) is 3.80. The summed E-state index contributed by atoms with van der Waals surface area (Å²) in [5.74, 6) is 1.05. The minimum absolute atomic E-state index is 0.421. The van der Waals surface area contributed by atoms with E-state index in [0.29, 0.717) is 11.7 Å². The van der Waals surface area contributed by atoms with E-state index < -0.39 is 0 Å². The number of nitrogens with zero attached hydrogens (tertiary/aromatic N) is 1. The quantitative estimate of drug-likeness (QED) is 0.639. The van der Waals surface area contributed by atoms with Crippen LogP contribution in [0.25, 0.3) is 0 Å². The van der Waals surface area contributed by atoms with Crippen molar-refractivity contribution in [3.05, 3.63) is 30.1 Å². The normalized spacial score (nSPS) is 10.8. The number of rotatable bonds is 8. The highest BCUT2D eigenvalue weighted by molar-refractivity contribution is 5.78. The Balaban J connectivity index is 2.06. The molecule has 0 saturated heterocycles. The number of carbonyl (C=O) groups is 1. The highest BCUT2D eigenvalue weighted by Gasteiger charge is 2.03. The second-order valence-corrected chi connectivity index (χ2v) is 5.04. The van der Waals surface area contributed by atoms with Crippen LogP contribution >= 0.6 is 0 Å². The fourth-order valence-electron chi connectivity index (χ4n) is 1.77. The molecule has 1 aromatic heterocycles. The third kappa shape index (κ3) is 6.88. The van der Waals surface area contributed by atoms with Gasteiger partial charge in [0.05, 0.1) is 0 Å². The van der Waals surface area contributed by atoms with Crippen LogP contribution in [0.2, 0.25) is 0 Å². The molecule has 0 aliphatic rings. The molecule has 0 spiro atoms. The Morgan fingerprint density at radius 1 is 1.29 bits per heavy atom. The summed E-state index contributed by atoms with van der Waals surface area (Å²) in [5, 5.41) is 0. The van der Waals surface area contributed by atoms with E-state index in [1.165, 1.54) is 5.56 Å². The molecule has 0 bridgehead atoms. The summed E-state index contributed by atoms with van der Waals surface area (Å²) in [4.78, 5) is 15.6. The van der Waals surface area contributed by atoms with Crippen LogP contribution in [0.4, 0.5) is 0 Å². The fraction of sp³-hybridized carbons (Fsp3) is 0.600. The molecule has 2 nitrogen and oxygen atoms in total. The lowest BCUT2D eigenvalue weighted by molar-refractivity contribution is -0.119. The Morgan fingerprint density at radius 2 is 2.12 bits per heavy atom. The minimum atomic E-state index is 0.421. The van der Waals surface area contributed by atoms with E-state index >= 15 is 0 Å². The molecule has 0 fully saturated rings. The van der Waals surface area contributed by atoms with Crippen molar-refractivity contribution in [2.45, 2.75) is 52.4 Å². The van der Waals surface area contributed by atoms with Crippen LogP contribution in [0.1, 0.15) is 51.5 Å². The number of aromatic nitrogens is 1. The molecule has 0 aromatic carbocycles. The maximum Gasteiger partial charge on any atom is 0.132 e. The van der Waals surface area contributed by atoms with Gasteiger partial charge < -0.3 is 0 Å². The van der Waals surface area contributed by atoms with E-state index in [0.717, 1.165) is 38.5 Å². The zero-order chi connectivity index (χ0) is 12.5. The van der Waals surface area contributed by atoms with Crippen molar-refractivity contribution in [2.24, 2.45) is 5.92 Å². The molecule has 0 N–H and O–H groups in total. The van der Waals surface area contributed by atoms with Crippen LogP contribution in [0.5, 0.6) is 0 Å². The van der Waals surface area contributed by atoms with E-state index in [1.54, 1.807) is 6.20 Å². The van der Waals surface area contributed by atoms with Gasteiger partial charge in [0, 0.05) is 25.2 Å². The monoisotopic (exact) mass is 233 g/mol. The van der Waals surface area contributed by atoms with Crippen molar-refractivity contribution in [3.63, 3.8) is 0 Å². The number of carbonyl (C=O) groups excluding carboxylic acids is 1. The summed E-state index contributed by atoms with van der Waals surface area (Å²) >= 11 is 0. The first kappa shape index (κ1) is 13.9. The van der Waals surface area contributed by atoms with Gasteiger partial charge >= 0.3 is 0 Å². The number of Topliss-reactive ketones (excluding diaryl/α,β-unsaturated/α-hetero) is 1. The lowest BCUT2D eigenvalue weighted by atomic mass is 10.0. The average molecular weight is 233 g/mol. The van der Waals surface area contributed by atoms with E-state index in [9.17, 15) is 4.79 Å². The molecule has 1 heterocycles. The van der Waals surface area contributed by atoms with Crippen LogP contribution in [-0.4, -0.2) is 10.8 Å². The second-order valence-electron chi connectivity index (χ2n) is 5.04. The number of ketones is 1. The molecular formula is C15H23NO. The molecule has 17 heavy (non-hydrogen) atoms. The van der Waals surface area contributed by atoms with Gasteiger partial charge in [-0.3, -0.25) is 9.78 Å². The molecule has 1 rings (SSSR count).